The summed E-state index contributed by atoms with van der Waals surface area (Å²) in [6.07, 6.45) is 5.70. The quantitative estimate of drug-likeness (QED) is 0.169. The van der Waals surface area contributed by atoms with Gasteiger partial charge in [0.25, 0.3) is 0 Å². The standard InChI is InChI=1S/C29H28F3N5/c30-22-4-7-24(8-5-22)37-13-11-20(12-14-37)1-2-21-3-10-28(35-17-21)26-16-29(26,18-34-19-36-33)25-9-6-23(31)15-27(25)32/h3-10,15,17,19-20,26H,11-14,16,18,33H2,(H,34,36). The molecule has 2 aliphatic rings. The Morgan fingerprint density at radius 3 is 2.49 bits per heavy atom. The maximum atomic E-state index is 14.7. The minimum absolute atomic E-state index is 0.0241. The van der Waals surface area contributed by atoms with Gasteiger partial charge in [0.05, 0.1) is 0 Å². The molecule has 190 valence electrons. The van der Waals surface area contributed by atoms with Crippen LogP contribution in [0.1, 0.15) is 42.0 Å². The molecular formula is C29H28F3N5. The van der Waals surface area contributed by atoms with Crippen molar-refractivity contribution in [1.29, 1.82) is 0 Å². The van der Waals surface area contributed by atoms with E-state index in [-0.39, 0.29) is 11.7 Å². The van der Waals surface area contributed by atoms with Gasteiger partial charge >= 0.3 is 0 Å². The third-order valence-electron chi connectivity index (χ3n) is 7.38. The van der Waals surface area contributed by atoms with Crippen molar-refractivity contribution in [3.63, 3.8) is 0 Å². The van der Waals surface area contributed by atoms with E-state index in [0.717, 1.165) is 48.9 Å². The predicted molar refractivity (Wildman–Crippen MR) is 139 cm³/mol. The van der Waals surface area contributed by atoms with Crippen molar-refractivity contribution in [2.45, 2.75) is 30.6 Å². The van der Waals surface area contributed by atoms with E-state index in [1.54, 1.807) is 6.20 Å². The van der Waals surface area contributed by atoms with Gasteiger partial charge in [-0.1, -0.05) is 17.9 Å². The second kappa shape index (κ2) is 10.6. The van der Waals surface area contributed by atoms with Crippen molar-refractivity contribution in [3.05, 3.63) is 95.1 Å². The van der Waals surface area contributed by atoms with Crippen LogP contribution in [0.2, 0.25) is 0 Å². The average Bonchev–Trinajstić information content (AvgIpc) is 3.64. The van der Waals surface area contributed by atoms with E-state index in [1.807, 2.05) is 24.3 Å². The van der Waals surface area contributed by atoms with Crippen LogP contribution in [-0.2, 0) is 5.41 Å². The Balaban J connectivity index is 1.23. The number of hydrogen-bond acceptors (Lipinski definition) is 4. The number of piperidine rings is 1. The van der Waals surface area contributed by atoms with Crippen molar-refractivity contribution in [1.82, 2.24) is 10.3 Å². The molecule has 0 radical (unpaired) electrons. The Kier molecular flexibility index (Phi) is 7.04. The monoisotopic (exact) mass is 503 g/mol. The van der Waals surface area contributed by atoms with Gasteiger partial charge in [0, 0.05) is 66.1 Å². The zero-order valence-electron chi connectivity index (χ0n) is 20.3. The molecule has 1 aromatic heterocycles. The molecule has 1 saturated carbocycles. The third kappa shape index (κ3) is 5.41. The van der Waals surface area contributed by atoms with Gasteiger partial charge in [0.2, 0.25) is 0 Å². The smallest absolute Gasteiger partial charge is 0.129 e. The van der Waals surface area contributed by atoms with E-state index >= 15 is 0 Å². The lowest BCUT2D eigenvalue weighted by Crippen LogP contribution is -2.33. The Morgan fingerprint density at radius 1 is 1.05 bits per heavy atom. The number of anilines is 1. The highest BCUT2D eigenvalue weighted by atomic mass is 19.1. The van der Waals surface area contributed by atoms with E-state index in [4.69, 9.17) is 5.84 Å². The molecule has 2 unspecified atom stereocenters. The summed E-state index contributed by atoms with van der Waals surface area (Å²) in [6, 6.07) is 14.2. The summed E-state index contributed by atoms with van der Waals surface area (Å²) in [5.41, 5.74) is 2.60. The van der Waals surface area contributed by atoms with Crippen LogP contribution < -0.4 is 16.1 Å². The van der Waals surface area contributed by atoms with Crippen molar-refractivity contribution in [2.24, 2.45) is 16.9 Å². The van der Waals surface area contributed by atoms with Crippen molar-refractivity contribution >= 4 is 12.0 Å². The first kappa shape index (κ1) is 24.7. The number of nitrogens with two attached hydrogens (primary N) is 1. The van der Waals surface area contributed by atoms with E-state index in [1.165, 1.54) is 30.6 Å². The minimum atomic E-state index is -0.604. The summed E-state index contributed by atoms with van der Waals surface area (Å²) in [7, 11) is 0. The first-order valence-electron chi connectivity index (χ1n) is 12.4. The molecule has 2 aromatic carbocycles. The molecule has 5 nitrogen and oxygen atoms in total. The number of benzene rings is 2. The van der Waals surface area contributed by atoms with Gasteiger partial charge in [0.1, 0.15) is 23.8 Å². The van der Waals surface area contributed by atoms with E-state index < -0.39 is 17.0 Å². The lowest BCUT2D eigenvalue weighted by molar-refractivity contribution is 0.491. The van der Waals surface area contributed by atoms with Gasteiger partial charge < -0.3 is 16.1 Å². The topological polar surface area (TPSA) is 66.5 Å². The van der Waals surface area contributed by atoms with Crippen LogP contribution in [0.25, 0.3) is 0 Å². The van der Waals surface area contributed by atoms with Crippen LogP contribution in [0, 0.1) is 35.2 Å². The van der Waals surface area contributed by atoms with Crippen LogP contribution in [0.15, 0.2) is 65.9 Å². The number of pyridine rings is 1. The molecule has 2 heterocycles. The van der Waals surface area contributed by atoms with Crippen LogP contribution in [-0.4, -0.2) is 31.0 Å². The van der Waals surface area contributed by atoms with Crippen molar-refractivity contribution in [3.8, 4) is 11.8 Å². The summed E-state index contributed by atoms with van der Waals surface area (Å²) in [5.74, 6) is 10.7. The van der Waals surface area contributed by atoms with Gasteiger partial charge in [-0.25, -0.2) is 13.2 Å². The SMILES string of the molecule is N/N=C\NCC1(c2ccc(F)cc2F)CC1c1ccc(C#CC2CCN(c3ccc(F)cc3)CC2)cn1. The minimum Gasteiger partial charge on any atom is -0.374 e. The molecule has 2 fully saturated rings. The van der Waals surface area contributed by atoms with Crippen LogP contribution in [0.3, 0.4) is 0 Å². The number of aromatic nitrogens is 1. The number of hydrazone groups is 1. The fraction of sp³-hybridized carbons (Fsp3) is 0.310. The van der Waals surface area contributed by atoms with Crippen LogP contribution in [0.4, 0.5) is 18.9 Å². The zero-order valence-corrected chi connectivity index (χ0v) is 20.3. The number of rotatable bonds is 6. The summed E-state index contributed by atoms with van der Waals surface area (Å²) >= 11 is 0. The fourth-order valence-corrected chi connectivity index (χ4v) is 5.26. The van der Waals surface area contributed by atoms with E-state index in [2.05, 4.69) is 32.1 Å². The molecule has 3 N–H and O–H groups in total. The molecule has 1 aliphatic heterocycles. The highest BCUT2D eigenvalue weighted by Gasteiger charge is 2.57. The van der Waals surface area contributed by atoms with Gasteiger partial charge in [-0.2, -0.15) is 5.10 Å². The zero-order chi connectivity index (χ0) is 25.8. The Morgan fingerprint density at radius 2 is 1.81 bits per heavy atom. The molecule has 0 amide bonds. The number of hydrogen-bond donors (Lipinski definition) is 2. The summed E-state index contributed by atoms with van der Waals surface area (Å²) in [4.78, 5) is 6.89. The maximum absolute atomic E-state index is 14.7. The molecule has 1 aliphatic carbocycles. The first-order valence-corrected chi connectivity index (χ1v) is 12.4. The second-order valence-corrected chi connectivity index (χ2v) is 9.67. The van der Waals surface area contributed by atoms with E-state index in [9.17, 15) is 13.2 Å². The molecule has 0 bridgehead atoms. The number of halogens is 3. The third-order valence-corrected chi connectivity index (χ3v) is 7.38. The number of nitrogens with zero attached hydrogens (tertiary/aromatic N) is 3. The fourth-order valence-electron chi connectivity index (χ4n) is 5.26. The van der Waals surface area contributed by atoms with E-state index in [0.29, 0.717) is 24.4 Å². The van der Waals surface area contributed by atoms with Gasteiger partial charge in [-0.05, 0) is 67.3 Å². The molecule has 0 spiro atoms. The lowest BCUT2D eigenvalue weighted by Gasteiger charge is -2.31. The molecule has 3 aromatic rings. The van der Waals surface area contributed by atoms with Gasteiger partial charge in [0.15, 0.2) is 0 Å². The predicted octanol–water partition coefficient (Wildman–Crippen LogP) is 4.68. The number of nitrogens with one attached hydrogen (secondary N) is 1. The summed E-state index contributed by atoms with van der Waals surface area (Å²) in [5, 5.41) is 6.47. The molecule has 1 saturated heterocycles. The normalized spacial score (nSPS) is 21.5. The second-order valence-electron chi connectivity index (χ2n) is 9.67. The average molecular weight is 504 g/mol. The lowest BCUT2D eigenvalue weighted by atomic mass is 9.91. The highest BCUT2D eigenvalue weighted by Crippen LogP contribution is 2.60. The van der Waals surface area contributed by atoms with Crippen LogP contribution >= 0.6 is 0 Å². The first-order chi connectivity index (χ1) is 18.0. The largest absolute Gasteiger partial charge is 0.374 e. The molecule has 37 heavy (non-hydrogen) atoms. The maximum Gasteiger partial charge on any atom is 0.129 e. The molecular weight excluding hydrogens is 475 g/mol. The van der Waals surface area contributed by atoms with Gasteiger partial charge in [-0.15, -0.1) is 0 Å². The van der Waals surface area contributed by atoms with Crippen LogP contribution in [0.5, 0.6) is 0 Å². The Hall–Kier alpha value is -3.99. The molecule has 5 rings (SSSR count). The summed E-state index contributed by atoms with van der Waals surface area (Å²) in [6.45, 7) is 2.17. The molecule has 8 heteroatoms. The van der Waals surface area contributed by atoms with Crippen molar-refractivity contribution in [2.75, 3.05) is 24.5 Å². The van der Waals surface area contributed by atoms with Crippen molar-refractivity contribution < 1.29 is 13.2 Å². The van der Waals surface area contributed by atoms with Gasteiger partial charge in [-0.3, -0.25) is 4.98 Å². The Bertz CT molecular complexity index is 1320. The highest BCUT2D eigenvalue weighted by molar-refractivity contribution is 5.55. The molecule has 2 atom stereocenters. The summed E-state index contributed by atoms with van der Waals surface area (Å²) < 4.78 is 41.4. The Labute approximate surface area is 214 Å².